The van der Waals surface area contributed by atoms with Crippen LogP contribution in [0.5, 0.6) is 0 Å². The summed E-state index contributed by atoms with van der Waals surface area (Å²) in [5.41, 5.74) is 0. The van der Waals surface area contributed by atoms with Crippen molar-refractivity contribution in [2.45, 2.75) is 443 Å². The molecule has 2 atom stereocenters. The smallest absolute Gasteiger partial charge is 0.305 e. The van der Waals surface area contributed by atoms with Gasteiger partial charge >= 0.3 is 5.97 Å². The number of rotatable bonds is 71. The van der Waals surface area contributed by atoms with Gasteiger partial charge in [0.05, 0.1) is 25.4 Å². The maximum atomic E-state index is 12.6. The second-order valence-electron chi connectivity index (χ2n) is 26.0. The number of hydrogen-bond donors (Lipinski definition) is 3. The van der Waals surface area contributed by atoms with Crippen LogP contribution in [0, 0.1) is 0 Å². The molecule has 6 heteroatoms. The molecule has 2 unspecified atom stereocenters. The monoisotopic (exact) mass is 1140 g/mol. The van der Waals surface area contributed by atoms with Gasteiger partial charge in [-0.1, -0.05) is 386 Å². The third-order valence-electron chi connectivity index (χ3n) is 17.8. The molecule has 0 aromatic rings. The SMILES string of the molecule is CCCC/C=C\CCCCCCCC(=O)OCCCCCCCCCCCCCCCCCCCCCCCCCCCCCCCCC(=O)NC(CO)C(O)CCCCCCCCCCCCCCCCCCCCCCCCC. The number of ether oxygens (including phenoxy) is 1. The molecule has 0 heterocycles. The van der Waals surface area contributed by atoms with Crippen LogP contribution in [0.3, 0.4) is 0 Å². The number of amides is 1. The Bertz CT molecular complexity index is 1220. The van der Waals surface area contributed by atoms with Crippen LogP contribution < -0.4 is 5.32 Å². The Balaban J connectivity index is 3.34. The lowest BCUT2D eigenvalue weighted by Gasteiger charge is -2.22. The predicted octanol–water partition coefficient (Wildman–Crippen LogP) is 24.3. The molecule has 0 aliphatic rings. The molecule has 0 rings (SSSR count). The van der Waals surface area contributed by atoms with E-state index in [4.69, 9.17) is 4.74 Å². The Morgan fingerprint density at radius 2 is 0.593 bits per heavy atom. The van der Waals surface area contributed by atoms with E-state index in [1.807, 2.05) is 0 Å². The van der Waals surface area contributed by atoms with E-state index in [2.05, 4.69) is 31.3 Å². The van der Waals surface area contributed by atoms with E-state index in [-0.39, 0.29) is 18.5 Å². The first-order valence-corrected chi connectivity index (χ1v) is 37.4. The Hall–Kier alpha value is -1.40. The second-order valence-corrected chi connectivity index (χ2v) is 26.0. The maximum absolute atomic E-state index is 12.6. The van der Waals surface area contributed by atoms with Gasteiger partial charge in [0.15, 0.2) is 0 Å². The molecule has 1 amide bonds. The fourth-order valence-corrected chi connectivity index (χ4v) is 12.1. The summed E-state index contributed by atoms with van der Waals surface area (Å²) in [5.74, 6) is -0.0154. The van der Waals surface area contributed by atoms with Gasteiger partial charge in [0, 0.05) is 12.8 Å². The highest BCUT2D eigenvalue weighted by Crippen LogP contribution is 2.20. The Kier molecular flexibility index (Phi) is 69.9. The number of esters is 1. The summed E-state index contributed by atoms with van der Waals surface area (Å²) < 4.78 is 5.47. The van der Waals surface area contributed by atoms with E-state index in [1.165, 1.54) is 353 Å². The first-order valence-electron chi connectivity index (χ1n) is 37.4. The zero-order valence-electron chi connectivity index (χ0n) is 55.3. The van der Waals surface area contributed by atoms with Crippen LogP contribution in [0.15, 0.2) is 12.2 Å². The minimum Gasteiger partial charge on any atom is -0.466 e. The van der Waals surface area contributed by atoms with E-state index in [0.29, 0.717) is 25.9 Å². The fourth-order valence-electron chi connectivity index (χ4n) is 12.1. The van der Waals surface area contributed by atoms with Crippen molar-refractivity contribution in [3.05, 3.63) is 12.2 Å². The van der Waals surface area contributed by atoms with Crippen LogP contribution in [0.4, 0.5) is 0 Å². The Labute approximate surface area is 508 Å². The van der Waals surface area contributed by atoms with Crippen LogP contribution in [0.2, 0.25) is 0 Å². The molecule has 482 valence electrons. The van der Waals surface area contributed by atoms with Crippen LogP contribution >= 0.6 is 0 Å². The van der Waals surface area contributed by atoms with Crippen molar-refractivity contribution in [2.75, 3.05) is 13.2 Å². The molecular weight excluding hydrogens is 995 g/mol. The molecule has 0 saturated carbocycles. The quantitative estimate of drug-likeness (QED) is 0.0320. The summed E-state index contributed by atoms with van der Waals surface area (Å²) >= 11 is 0. The zero-order valence-corrected chi connectivity index (χ0v) is 55.3. The van der Waals surface area contributed by atoms with Crippen molar-refractivity contribution in [3.8, 4) is 0 Å². The van der Waals surface area contributed by atoms with E-state index in [1.54, 1.807) is 0 Å². The van der Waals surface area contributed by atoms with Crippen LogP contribution in [0.1, 0.15) is 431 Å². The van der Waals surface area contributed by atoms with Crippen molar-refractivity contribution >= 4 is 11.9 Å². The number of unbranched alkanes of at least 4 members (excludes halogenated alkanes) is 58. The van der Waals surface area contributed by atoms with E-state index < -0.39 is 12.1 Å². The summed E-state index contributed by atoms with van der Waals surface area (Å²) in [4.78, 5) is 24.6. The minimum absolute atomic E-state index is 0.00998. The average molecular weight is 1140 g/mol. The normalized spacial score (nSPS) is 12.5. The topological polar surface area (TPSA) is 95.9 Å². The van der Waals surface area contributed by atoms with Gasteiger partial charge in [-0.05, 0) is 44.9 Å². The molecule has 0 aromatic carbocycles. The average Bonchev–Trinajstić information content (AvgIpc) is 3.47. The molecule has 0 spiro atoms. The molecule has 81 heavy (non-hydrogen) atoms. The third-order valence-corrected chi connectivity index (χ3v) is 17.8. The number of carbonyl (C=O) groups is 2. The van der Waals surface area contributed by atoms with Gasteiger partial charge in [-0.2, -0.15) is 0 Å². The number of aliphatic hydroxyl groups excluding tert-OH is 2. The van der Waals surface area contributed by atoms with Crippen molar-refractivity contribution < 1.29 is 24.5 Å². The number of aliphatic hydroxyl groups is 2. The molecule has 0 aliphatic heterocycles. The molecule has 0 aromatic heterocycles. The summed E-state index contributed by atoms with van der Waals surface area (Å²) in [6, 6.07) is -0.539. The number of carbonyl (C=O) groups excluding carboxylic acids is 2. The predicted molar refractivity (Wildman–Crippen MR) is 357 cm³/mol. The first kappa shape index (κ1) is 79.6. The standard InChI is InChI=1S/C75H147NO5/c1-3-5-7-9-11-13-15-16-17-18-19-20-29-32-35-38-41-44-48-51-55-59-63-67-73(78)72(71-77)76-74(79)68-64-60-56-52-49-45-42-39-36-33-30-27-25-23-21-22-24-26-28-31-34-37-40-43-46-50-54-58-62-66-70-81-75(80)69-65-61-57-53-47-14-12-10-8-6-4-2/h10,12,72-73,77-78H,3-9,11,13-71H2,1-2H3,(H,76,79)/b12-10-. The largest absolute Gasteiger partial charge is 0.466 e. The van der Waals surface area contributed by atoms with Gasteiger partial charge in [-0.25, -0.2) is 0 Å². The van der Waals surface area contributed by atoms with Gasteiger partial charge < -0.3 is 20.3 Å². The van der Waals surface area contributed by atoms with Crippen molar-refractivity contribution in [1.82, 2.24) is 5.32 Å². The Morgan fingerprint density at radius 3 is 0.914 bits per heavy atom. The molecule has 0 bridgehead atoms. The molecule has 0 fully saturated rings. The van der Waals surface area contributed by atoms with Crippen LogP contribution in [-0.2, 0) is 14.3 Å². The van der Waals surface area contributed by atoms with Crippen LogP contribution in [0.25, 0.3) is 0 Å². The third kappa shape index (κ3) is 67.6. The maximum Gasteiger partial charge on any atom is 0.305 e. The number of hydrogen-bond acceptors (Lipinski definition) is 5. The molecule has 6 nitrogen and oxygen atoms in total. The van der Waals surface area contributed by atoms with Gasteiger partial charge in [-0.3, -0.25) is 9.59 Å². The van der Waals surface area contributed by atoms with E-state index in [9.17, 15) is 19.8 Å². The summed E-state index contributed by atoms with van der Waals surface area (Å²) in [5, 5.41) is 23.5. The van der Waals surface area contributed by atoms with Crippen LogP contribution in [-0.4, -0.2) is 47.4 Å². The van der Waals surface area contributed by atoms with Crippen molar-refractivity contribution in [1.29, 1.82) is 0 Å². The lowest BCUT2D eigenvalue weighted by atomic mass is 10.0. The Morgan fingerprint density at radius 1 is 0.333 bits per heavy atom. The zero-order chi connectivity index (χ0) is 58.5. The summed E-state index contributed by atoms with van der Waals surface area (Å²) in [6.07, 6.45) is 88.6. The molecule has 3 N–H and O–H groups in total. The highest BCUT2D eigenvalue weighted by molar-refractivity contribution is 5.76. The van der Waals surface area contributed by atoms with Crippen molar-refractivity contribution in [3.63, 3.8) is 0 Å². The van der Waals surface area contributed by atoms with Gasteiger partial charge in [-0.15, -0.1) is 0 Å². The number of nitrogens with one attached hydrogen (secondary N) is 1. The first-order chi connectivity index (χ1) is 40.0. The highest BCUT2D eigenvalue weighted by atomic mass is 16.5. The lowest BCUT2D eigenvalue weighted by molar-refractivity contribution is -0.143. The molecule has 0 saturated heterocycles. The summed E-state index contributed by atoms with van der Waals surface area (Å²) in [6.45, 7) is 4.96. The highest BCUT2D eigenvalue weighted by Gasteiger charge is 2.20. The number of allylic oxidation sites excluding steroid dienone is 2. The van der Waals surface area contributed by atoms with Crippen molar-refractivity contribution in [2.24, 2.45) is 0 Å². The molecule has 0 aliphatic carbocycles. The van der Waals surface area contributed by atoms with Gasteiger partial charge in [0.25, 0.3) is 0 Å². The molecule has 0 radical (unpaired) electrons. The van der Waals surface area contributed by atoms with E-state index >= 15 is 0 Å². The fraction of sp³-hybridized carbons (Fsp3) is 0.947. The summed E-state index contributed by atoms with van der Waals surface area (Å²) in [7, 11) is 0. The van der Waals surface area contributed by atoms with Gasteiger partial charge in [0.1, 0.15) is 0 Å². The minimum atomic E-state index is -0.662. The van der Waals surface area contributed by atoms with Gasteiger partial charge in [0.2, 0.25) is 5.91 Å². The van der Waals surface area contributed by atoms with E-state index in [0.717, 1.165) is 44.9 Å². The lowest BCUT2D eigenvalue weighted by Crippen LogP contribution is -2.45. The molecular formula is C75H147NO5. The second kappa shape index (κ2) is 71.1.